The Bertz CT molecular complexity index is 1190. The molecule has 154 valence electrons. The Morgan fingerprint density at radius 1 is 1.17 bits per heavy atom. The molecular formula is C23H24N4O3. The molecule has 4 rings (SSSR count). The van der Waals surface area contributed by atoms with Crippen LogP contribution in [0.4, 0.5) is 0 Å². The molecule has 7 nitrogen and oxygen atoms in total. The third-order valence-electron chi connectivity index (χ3n) is 5.26. The first-order chi connectivity index (χ1) is 14.5. The number of hydrogen-bond acceptors (Lipinski definition) is 5. The van der Waals surface area contributed by atoms with E-state index in [9.17, 15) is 4.79 Å². The predicted octanol–water partition coefficient (Wildman–Crippen LogP) is 4.17. The molecule has 0 aliphatic carbocycles. The molecule has 7 heteroatoms. The molecule has 0 radical (unpaired) electrons. The fourth-order valence-electron chi connectivity index (χ4n) is 3.59. The number of para-hydroxylation sites is 1. The quantitative estimate of drug-likeness (QED) is 0.482. The van der Waals surface area contributed by atoms with Crippen molar-refractivity contribution < 1.29 is 13.9 Å². The minimum atomic E-state index is -0.181. The summed E-state index contributed by atoms with van der Waals surface area (Å²) >= 11 is 0. The molecule has 0 fully saturated rings. The lowest BCUT2D eigenvalue weighted by molar-refractivity contribution is 0.0778. The molecule has 0 saturated carbocycles. The molecule has 2 aromatic carbocycles. The molecule has 0 aliphatic rings. The molecule has 0 spiro atoms. The molecule has 1 amide bonds. The zero-order valence-corrected chi connectivity index (χ0v) is 17.5. The average molecular weight is 404 g/mol. The van der Waals surface area contributed by atoms with Crippen molar-refractivity contribution in [2.24, 2.45) is 0 Å². The summed E-state index contributed by atoms with van der Waals surface area (Å²) in [4.78, 5) is 14.8. The number of amides is 1. The van der Waals surface area contributed by atoms with Gasteiger partial charge >= 0.3 is 0 Å². The van der Waals surface area contributed by atoms with Crippen LogP contribution >= 0.6 is 0 Å². The molecule has 30 heavy (non-hydrogen) atoms. The second-order valence-electron chi connectivity index (χ2n) is 7.15. The van der Waals surface area contributed by atoms with Gasteiger partial charge in [-0.3, -0.25) is 4.79 Å². The van der Waals surface area contributed by atoms with Crippen LogP contribution in [0.2, 0.25) is 0 Å². The van der Waals surface area contributed by atoms with E-state index in [0.717, 1.165) is 40.2 Å². The summed E-state index contributed by atoms with van der Waals surface area (Å²) in [6, 6.07) is 15.4. The van der Waals surface area contributed by atoms with Gasteiger partial charge in [-0.2, -0.15) is 0 Å². The maximum Gasteiger partial charge on any atom is 0.276 e. The molecule has 2 aromatic heterocycles. The van der Waals surface area contributed by atoms with Crippen LogP contribution in [0, 0.1) is 6.92 Å². The third kappa shape index (κ3) is 3.43. The summed E-state index contributed by atoms with van der Waals surface area (Å²) in [7, 11) is 3.39. The Labute approximate surface area is 174 Å². The van der Waals surface area contributed by atoms with Crippen molar-refractivity contribution in [3.8, 4) is 11.4 Å². The summed E-state index contributed by atoms with van der Waals surface area (Å²) in [6.45, 7) is 4.33. The van der Waals surface area contributed by atoms with Crippen LogP contribution in [0.15, 0.2) is 52.9 Å². The summed E-state index contributed by atoms with van der Waals surface area (Å²) in [6.07, 6.45) is 0.763. The molecule has 2 heterocycles. The summed E-state index contributed by atoms with van der Waals surface area (Å²) in [5.74, 6) is 1.47. The fraction of sp³-hybridized carbons (Fsp3) is 0.261. The number of fused-ring (bicyclic) bond motifs is 1. The van der Waals surface area contributed by atoms with Crippen LogP contribution in [0.3, 0.4) is 0 Å². The molecule has 4 aromatic rings. The van der Waals surface area contributed by atoms with E-state index in [1.54, 1.807) is 23.7 Å². The Balaban J connectivity index is 1.60. The van der Waals surface area contributed by atoms with E-state index in [0.29, 0.717) is 17.9 Å². The van der Waals surface area contributed by atoms with Gasteiger partial charge in [0.25, 0.3) is 5.91 Å². The number of carbonyl (C=O) groups excluding carboxylic acids is 1. The normalized spacial score (nSPS) is 11.1. The van der Waals surface area contributed by atoms with Crippen molar-refractivity contribution in [3.63, 3.8) is 0 Å². The van der Waals surface area contributed by atoms with Gasteiger partial charge in [-0.15, -0.1) is 5.10 Å². The van der Waals surface area contributed by atoms with Crippen molar-refractivity contribution in [3.05, 3.63) is 71.2 Å². The Hall–Kier alpha value is -3.61. The lowest BCUT2D eigenvalue weighted by atomic mass is 10.1. The largest absolute Gasteiger partial charge is 0.497 e. The molecule has 0 bridgehead atoms. The summed E-state index contributed by atoms with van der Waals surface area (Å²) in [5, 5.41) is 9.38. The van der Waals surface area contributed by atoms with E-state index >= 15 is 0 Å². The molecule has 0 N–H and O–H groups in total. The molecule has 0 atom stereocenters. The van der Waals surface area contributed by atoms with Crippen molar-refractivity contribution in [2.75, 3.05) is 14.2 Å². The highest BCUT2D eigenvalue weighted by atomic mass is 16.5. The zero-order chi connectivity index (χ0) is 21.3. The van der Waals surface area contributed by atoms with Gasteiger partial charge in [0.1, 0.15) is 17.1 Å². The van der Waals surface area contributed by atoms with Crippen molar-refractivity contribution in [1.29, 1.82) is 0 Å². The van der Waals surface area contributed by atoms with Gasteiger partial charge in [0, 0.05) is 31.0 Å². The number of furan rings is 1. The first kappa shape index (κ1) is 19.7. The maximum atomic E-state index is 13.1. The summed E-state index contributed by atoms with van der Waals surface area (Å²) < 4.78 is 12.8. The maximum absolute atomic E-state index is 13.1. The van der Waals surface area contributed by atoms with Crippen LogP contribution in [0.1, 0.15) is 34.4 Å². The standard InChI is InChI=1S/C23H24N4O3/c1-5-20-19(18-8-6-7-9-21(18)30-20)14-26(3)23(28)22-15(2)27(25-24-22)16-10-12-17(29-4)13-11-16/h6-13H,5,14H2,1-4H3. The number of ether oxygens (including phenoxy) is 1. The highest BCUT2D eigenvalue weighted by Gasteiger charge is 2.23. The fourth-order valence-corrected chi connectivity index (χ4v) is 3.59. The number of carbonyl (C=O) groups is 1. The monoisotopic (exact) mass is 404 g/mol. The van der Waals surface area contributed by atoms with Crippen LogP contribution < -0.4 is 4.74 Å². The van der Waals surface area contributed by atoms with Gasteiger partial charge in [0.05, 0.1) is 18.5 Å². The van der Waals surface area contributed by atoms with Gasteiger partial charge in [-0.1, -0.05) is 30.3 Å². The van der Waals surface area contributed by atoms with Crippen LogP contribution in [0.25, 0.3) is 16.7 Å². The third-order valence-corrected chi connectivity index (χ3v) is 5.26. The smallest absolute Gasteiger partial charge is 0.276 e. The van der Waals surface area contributed by atoms with Crippen LogP contribution in [0.5, 0.6) is 5.75 Å². The van der Waals surface area contributed by atoms with E-state index in [-0.39, 0.29) is 5.91 Å². The zero-order valence-electron chi connectivity index (χ0n) is 17.5. The Kier molecular flexibility index (Phi) is 5.27. The minimum absolute atomic E-state index is 0.181. The van der Waals surface area contributed by atoms with Gasteiger partial charge in [-0.05, 0) is 37.3 Å². The van der Waals surface area contributed by atoms with Gasteiger partial charge in [0.15, 0.2) is 5.69 Å². The number of hydrogen-bond donors (Lipinski definition) is 0. The number of methoxy groups -OCH3 is 1. The lowest BCUT2D eigenvalue weighted by Crippen LogP contribution is -2.27. The minimum Gasteiger partial charge on any atom is -0.497 e. The lowest BCUT2D eigenvalue weighted by Gasteiger charge is -2.16. The topological polar surface area (TPSA) is 73.4 Å². The second-order valence-corrected chi connectivity index (χ2v) is 7.15. The number of nitrogens with zero attached hydrogens (tertiary/aromatic N) is 4. The Morgan fingerprint density at radius 2 is 1.90 bits per heavy atom. The second kappa shape index (κ2) is 8.02. The van der Waals surface area contributed by atoms with E-state index in [1.165, 1.54) is 0 Å². The van der Waals surface area contributed by atoms with Crippen molar-refractivity contribution >= 4 is 16.9 Å². The van der Waals surface area contributed by atoms with Crippen LogP contribution in [-0.4, -0.2) is 40.0 Å². The van der Waals surface area contributed by atoms with E-state index in [4.69, 9.17) is 9.15 Å². The highest BCUT2D eigenvalue weighted by molar-refractivity contribution is 5.93. The predicted molar refractivity (Wildman–Crippen MR) is 114 cm³/mol. The average Bonchev–Trinajstić information content (AvgIpc) is 3.33. The Morgan fingerprint density at radius 3 is 2.60 bits per heavy atom. The van der Waals surface area contributed by atoms with Gasteiger partial charge < -0.3 is 14.1 Å². The number of benzene rings is 2. The van der Waals surface area contributed by atoms with Gasteiger partial charge in [-0.25, -0.2) is 4.68 Å². The molecule has 0 aliphatic heterocycles. The number of rotatable bonds is 6. The van der Waals surface area contributed by atoms with E-state index < -0.39 is 0 Å². The SMILES string of the molecule is CCc1oc2ccccc2c1CN(C)C(=O)c1nnn(-c2ccc(OC)cc2)c1C. The van der Waals surface area contributed by atoms with Crippen molar-refractivity contribution in [1.82, 2.24) is 19.9 Å². The van der Waals surface area contributed by atoms with E-state index in [2.05, 4.69) is 10.3 Å². The number of aromatic nitrogens is 3. The van der Waals surface area contributed by atoms with Crippen LogP contribution in [-0.2, 0) is 13.0 Å². The van der Waals surface area contributed by atoms with E-state index in [1.807, 2.05) is 62.4 Å². The number of aryl methyl sites for hydroxylation is 1. The summed E-state index contributed by atoms with van der Waals surface area (Å²) in [5.41, 5.74) is 3.71. The highest BCUT2D eigenvalue weighted by Crippen LogP contribution is 2.28. The van der Waals surface area contributed by atoms with Crippen molar-refractivity contribution in [2.45, 2.75) is 26.8 Å². The first-order valence-electron chi connectivity index (χ1n) is 9.85. The molecule has 0 saturated heterocycles. The first-order valence-corrected chi connectivity index (χ1v) is 9.85. The molecule has 0 unspecified atom stereocenters. The van der Waals surface area contributed by atoms with Gasteiger partial charge in [0.2, 0.25) is 0 Å². The molecular weight excluding hydrogens is 380 g/mol.